The minimum absolute atomic E-state index is 0.436. The monoisotopic (exact) mass is 225 g/mol. The molecule has 2 aromatic rings. The first-order valence-electron chi connectivity index (χ1n) is 4.31. The van der Waals surface area contributed by atoms with Crippen molar-refractivity contribution in [1.29, 1.82) is 0 Å². The average molecular weight is 226 g/mol. The summed E-state index contributed by atoms with van der Waals surface area (Å²) in [7, 11) is 0. The molecule has 0 aliphatic carbocycles. The quantitative estimate of drug-likeness (QED) is 0.614. The van der Waals surface area contributed by atoms with E-state index in [4.69, 9.17) is 23.2 Å². The Kier molecular flexibility index (Phi) is 2.38. The molecule has 0 saturated heterocycles. The topological polar surface area (TPSA) is 12.9 Å². The van der Waals surface area contributed by atoms with Gasteiger partial charge in [0.15, 0.2) is 0 Å². The van der Waals surface area contributed by atoms with Crippen molar-refractivity contribution in [2.75, 3.05) is 0 Å². The van der Waals surface area contributed by atoms with E-state index in [9.17, 15) is 0 Å². The van der Waals surface area contributed by atoms with Crippen molar-refractivity contribution in [2.45, 2.75) is 13.8 Å². The zero-order valence-electron chi connectivity index (χ0n) is 7.94. The number of fused-ring (bicyclic) bond motifs is 1. The van der Waals surface area contributed by atoms with Gasteiger partial charge in [-0.15, -0.1) is 0 Å². The standard InChI is InChI=1S/C11H9Cl2N/c1-6-3-4-9-11(7(6)2)8(12)5-10(13)14-9/h3-5H,1-2H3. The van der Waals surface area contributed by atoms with Crippen LogP contribution >= 0.6 is 23.2 Å². The van der Waals surface area contributed by atoms with E-state index in [1.165, 1.54) is 5.56 Å². The van der Waals surface area contributed by atoms with Crippen LogP contribution < -0.4 is 0 Å². The van der Waals surface area contributed by atoms with Gasteiger partial charge in [0.2, 0.25) is 0 Å². The van der Waals surface area contributed by atoms with Gasteiger partial charge in [0, 0.05) is 5.39 Å². The summed E-state index contributed by atoms with van der Waals surface area (Å²) in [5.41, 5.74) is 3.23. The molecule has 0 bridgehead atoms. The molecule has 0 radical (unpaired) electrons. The SMILES string of the molecule is Cc1ccc2nc(Cl)cc(Cl)c2c1C. The highest BCUT2D eigenvalue weighted by atomic mass is 35.5. The van der Waals surface area contributed by atoms with E-state index < -0.39 is 0 Å². The van der Waals surface area contributed by atoms with Crippen LogP contribution in [-0.4, -0.2) is 4.98 Å². The van der Waals surface area contributed by atoms with Crippen LogP contribution in [0.25, 0.3) is 10.9 Å². The summed E-state index contributed by atoms with van der Waals surface area (Å²) in [5, 5.41) is 2.10. The molecule has 0 aliphatic rings. The summed E-state index contributed by atoms with van der Waals surface area (Å²) in [6.45, 7) is 4.10. The molecule has 2 rings (SSSR count). The maximum atomic E-state index is 6.12. The molecule has 0 spiro atoms. The Labute approximate surface area is 92.7 Å². The summed E-state index contributed by atoms with van der Waals surface area (Å²) in [5.74, 6) is 0. The van der Waals surface area contributed by atoms with E-state index in [-0.39, 0.29) is 0 Å². The van der Waals surface area contributed by atoms with Crippen LogP contribution in [0.1, 0.15) is 11.1 Å². The fourth-order valence-corrected chi connectivity index (χ4v) is 2.12. The summed E-state index contributed by atoms with van der Waals surface area (Å²) in [6.07, 6.45) is 0. The van der Waals surface area contributed by atoms with Crippen molar-refractivity contribution < 1.29 is 0 Å². The summed E-state index contributed by atoms with van der Waals surface area (Å²) in [4.78, 5) is 4.22. The molecule has 14 heavy (non-hydrogen) atoms. The van der Waals surface area contributed by atoms with E-state index in [1.807, 2.05) is 19.1 Å². The highest BCUT2D eigenvalue weighted by molar-refractivity contribution is 6.38. The zero-order valence-corrected chi connectivity index (χ0v) is 9.45. The molecular weight excluding hydrogens is 217 g/mol. The van der Waals surface area contributed by atoms with Crippen LogP contribution in [0.5, 0.6) is 0 Å². The Morgan fingerprint density at radius 1 is 1.14 bits per heavy atom. The van der Waals surface area contributed by atoms with E-state index >= 15 is 0 Å². The first kappa shape index (κ1) is 9.75. The van der Waals surface area contributed by atoms with E-state index in [2.05, 4.69) is 11.9 Å². The second-order valence-corrected chi connectivity index (χ2v) is 4.12. The van der Waals surface area contributed by atoms with E-state index in [1.54, 1.807) is 6.07 Å². The third-order valence-corrected chi connectivity index (χ3v) is 2.92. The minimum Gasteiger partial charge on any atom is -0.236 e. The highest BCUT2D eigenvalue weighted by Gasteiger charge is 2.06. The van der Waals surface area contributed by atoms with Crippen molar-refractivity contribution in [3.05, 3.63) is 39.5 Å². The van der Waals surface area contributed by atoms with Crippen LogP contribution in [0.3, 0.4) is 0 Å². The Bertz CT molecular complexity index is 506. The van der Waals surface area contributed by atoms with Gasteiger partial charge >= 0.3 is 0 Å². The largest absolute Gasteiger partial charge is 0.236 e. The van der Waals surface area contributed by atoms with Crippen LogP contribution in [0.2, 0.25) is 10.2 Å². The molecule has 0 atom stereocenters. The lowest BCUT2D eigenvalue weighted by atomic mass is 10.0. The lowest BCUT2D eigenvalue weighted by Gasteiger charge is -2.07. The van der Waals surface area contributed by atoms with Crippen LogP contribution in [0.4, 0.5) is 0 Å². The maximum Gasteiger partial charge on any atom is 0.131 e. The molecule has 1 aromatic carbocycles. The molecular formula is C11H9Cl2N. The number of pyridine rings is 1. The molecule has 3 heteroatoms. The number of benzene rings is 1. The first-order valence-corrected chi connectivity index (χ1v) is 5.07. The molecule has 0 unspecified atom stereocenters. The Hall–Kier alpha value is -0.790. The lowest BCUT2D eigenvalue weighted by molar-refractivity contribution is 1.34. The fourth-order valence-electron chi connectivity index (χ4n) is 1.52. The summed E-state index contributed by atoms with van der Waals surface area (Å²) in [6, 6.07) is 5.64. The average Bonchev–Trinajstić information content (AvgIpc) is 2.10. The predicted molar refractivity (Wildman–Crippen MR) is 61.2 cm³/mol. The molecule has 0 aliphatic heterocycles. The molecule has 0 N–H and O–H groups in total. The van der Waals surface area contributed by atoms with Gasteiger partial charge in [0.1, 0.15) is 5.15 Å². The van der Waals surface area contributed by atoms with Crippen molar-refractivity contribution in [2.24, 2.45) is 0 Å². The summed E-state index contributed by atoms with van der Waals surface area (Å²) >= 11 is 11.9. The molecule has 0 saturated carbocycles. The number of aryl methyl sites for hydroxylation is 2. The molecule has 0 amide bonds. The van der Waals surface area contributed by atoms with Gasteiger partial charge in [0.25, 0.3) is 0 Å². The van der Waals surface area contributed by atoms with Crippen molar-refractivity contribution in [3.8, 4) is 0 Å². The van der Waals surface area contributed by atoms with Gasteiger partial charge in [0.05, 0.1) is 10.5 Å². The predicted octanol–water partition coefficient (Wildman–Crippen LogP) is 4.16. The van der Waals surface area contributed by atoms with Gasteiger partial charge in [-0.3, -0.25) is 0 Å². The van der Waals surface area contributed by atoms with Gasteiger partial charge in [-0.2, -0.15) is 0 Å². The number of aromatic nitrogens is 1. The summed E-state index contributed by atoms with van der Waals surface area (Å²) < 4.78 is 0. The first-order chi connectivity index (χ1) is 6.59. The Balaban J connectivity index is 2.95. The highest BCUT2D eigenvalue weighted by Crippen LogP contribution is 2.29. The van der Waals surface area contributed by atoms with Crippen molar-refractivity contribution >= 4 is 34.1 Å². The van der Waals surface area contributed by atoms with Crippen molar-refractivity contribution in [3.63, 3.8) is 0 Å². The Morgan fingerprint density at radius 3 is 2.57 bits per heavy atom. The van der Waals surface area contributed by atoms with Gasteiger partial charge in [-0.1, -0.05) is 29.3 Å². The zero-order chi connectivity index (χ0) is 10.3. The Morgan fingerprint density at radius 2 is 1.86 bits per heavy atom. The van der Waals surface area contributed by atoms with Gasteiger partial charge < -0.3 is 0 Å². The van der Waals surface area contributed by atoms with E-state index in [0.29, 0.717) is 10.2 Å². The third kappa shape index (κ3) is 1.47. The van der Waals surface area contributed by atoms with Gasteiger partial charge in [-0.25, -0.2) is 4.98 Å². The molecule has 0 fully saturated rings. The lowest BCUT2D eigenvalue weighted by Crippen LogP contribution is -1.88. The number of nitrogens with zero attached hydrogens (tertiary/aromatic N) is 1. The van der Waals surface area contributed by atoms with Gasteiger partial charge in [-0.05, 0) is 37.1 Å². The smallest absolute Gasteiger partial charge is 0.131 e. The second kappa shape index (κ2) is 3.41. The third-order valence-electron chi connectivity index (χ3n) is 2.43. The molecule has 1 nitrogen and oxygen atoms in total. The normalized spacial score (nSPS) is 10.9. The fraction of sp³-hybridized carbons (Fsp3) is 0.182. The van der Waals surface area contributed by atoms with Crippen LogP contribution in [-0.2, 0) is 0 Å². The maximum absolute atomic E-state index is 6.12. The van der Waals surface area contributed by atoms with Crippen molar-refractivity contribution in [1.82, 2.24) is 4.98 Å². The van der Waals surface area contributed by atoms with E-state index in [0.717, 1.165) is 16.5 Å². The minimum atomic E-state index is 0.436. The molecule has 72 valence electrons. The molecule has 1 aromatic heterocycles. The number of hydrogen-bond acceptors (Lipinski definition) is 1. The second-order valence-electron chi connectivity index (χ2n) is 3.33. The number of rotatable bonds is 0. The number of halogens is 2. The van der Waals surface area contributed by atoms with Crippen LogP contribution in [0, 0.1) is 13.8 Å². The number of hydrogen-bond donors (Lipinski definition) is 0. The van der Waals surface area contributed by atoms with Crippen LogP contribution in [0.15, 0.2) is 18.2 Å². The molecule has 1 heterocycles.